The molecule has 2 unspecified atom stereocenters. The summed E-state index contributed by atoms with van der Waals surface area (Å²) in [6, 6.07) is -0.498. The second kappa shape index (κ2) is 7.92. The molecule has 100 valence electrons. The van der Waals surface area contributed by atoms with Crippen molar-refractivity contribution in [3.63, 3.8) is 0 Å². The van der Waals surface area contributed by atoms with Gasteiger partial charge in [0.2, 0.25) is 0 Å². The number of hydrogen-bond donors (Lipinski definition) is 3. The number of aliphatic carboxylic acids is 1. The first-order chi connectivity index (χ1) is 7.85. The Hall–Kier alpha value is -1.26. The highest BCUT2D eigenvalue weighted by Gasteiger charge is 2.15. The summed E-state index contributed by atoms with van der Waals surface area (Å²) in [5, 5.41) is 14.1. The number of nitrogens with one attached hydrogen (secondary N) is 2. The fraction of sp³-hybridized carbons (Fsp3) is 0.833. The lowest BCUT2D eigenvalue weighted by molar-refractivity contribution is -0.137. The first-order valence-electron chi connectivity index (χ1n) is 6.13. The predicted molar refractivity (Wildman–Crippen MR) is 66.9 cm³/mol. The van der Waals surface area contributed by atoms with Gasteiger partial charge in [-0.15, -0.1) is 0 Å². The minimum atomic E-state index is -0.896. The summed E-state index contributed by atoms with van der Waals surface area (Å²) in [6.07, 6.45) is 1.48. The van der Waals surface area contributed by atoms with Crippen LogP contribution in [-0.2, 0) is 4.79 Å². The van der Waals surface area contributed by atoms with Gasteiger partial charge in [0.1, 0.15) is 0 Å². The van der Waals surface area contributed by atoms with Crippen LogP contribution >= 0.6 is 0 Å². The first kappa shape index (κ1) is 15.7. The molecule has 0 radical (unpaired) electrons. The Kier molecular flexibility index (Phi) is 7.34. The van der Waals surface area contributed by atoms with Crippen molar-refractivity contribution in [3.8, 4) is 0 Å². The van der Waals surface area contributed by atoms with E-state index in [9.17, 15) is 9.59 Å². The summed E-state index contributed by atoms with van der Waals surface area (Å²) in [5.74, 6) is -0.376. The van der Waals surface area contributed by atoms with Crippen molar-refractivity contribution in [2.45, 2.75) is 59.0 Å². The SMILES string of the molecule is CCC(CC(=O)O)NC(=O)NC(C)CC(C)C. The molecule has 0 aromatic rings. The number of urea groups is 1. The first-order valence-corrected chi connectivity index (χ1v) is 6.13. The number of carbonyl (C=O) groups excluding carboxylic acids is 1. The van der Waals surface area contributed by atoms with E-state index < -0.39 is 5.97 Å². The van der Waals surface area contributed by atoms with E-state index in [0.29, 0.717) is 12.3 Å². The van der Waals surface area contributed by atoms with Crippen LogP contribution in [0.2, 0.25) is 0 Å². The summed E-state index contributed by atoms with van der Waals surface area (Å²) in [4.78, 5) is 22.1. The molecule has 2 amide bonds. The number of carboxylic acid groups (broad SMARTS) is 1. The third-order valence-corrected chi connectivity index (χ3v) is 2.45. The highest BCUT2D eigenvalue weighted by Crippen LogP contribution is 2.04. The van der Waals surface area contributed by atoms with E-state index in [0.717, 1.165) is 6.42 Å². The number of rotatable bonds is 7. The molecule has 0 aliphatic carbocycles. The maximum absolute atomic E-state index is 11.6. The Morgan fingerprint density at radius 2 is 1.76 bits per heavy atom. The number of amides is 2. The zero-order valence-corrected chi connectivity index (χ0v) is 11.1. The number of hydrogen-bond acceptors (Lipinski definition) is 2. The van der Waals surface area contributed by atoms with Gasteiger partial charge in [0.25, 0.3) is 0 Å². The molecule has 0 saturated carbocycles. The molecular formula is C12H24N2O3. The lowest BCUT2D eigenvalue weighted by Gasteiger charge is -2.19. The van der Waals surface area contributed by atoms with E-state index >= 15 is 0 Å². The Morgan fingerprint density at radius 1 is 1.18 bits per heavy atom. The molecule has 0 fully saturated rings. The van der Waals surface area contributed by atoms with Gasteiger partial charge in [0.05, 0.1) is 6.42 Å². The van der Waals surface area contributed by atoms with Crippen molar-refractivity contribution in [3.05, 3.63) is 0 Å². The molecule has 0 spiro atoms. The summed E-state index contributed by atoms with van der Waals surface area (Å²) >= 11 is 0. The monoisotopic (exact) mass is 244 g/mol. The summed E-state index contributed by atoms with van der Waals surface area (Å²) < 4.78 is 0. The van der Waals surface area contributed by atoms with Crippen molar-refractivity contribution in [2.75, 3.05) is 0 Å². The normalized spacial score (nSPS) is 14.2. The molecule has 0 aromatic carbocycles. The highest BCUT2D eigenvalue weighted by atomic mass is 16.4. The van der Waals surface area contributed by atoms with Crippen molar-refractivity contribution >= 4 is 12.0 Å². The van der Waals surface area contributed by atoms with E-state index in [1.807, 2.05) is 13.8 Å². The Bertz CT molecular complexity index is 254. The van der Waals surface area contributed by atoms with E-state index in [2.05, 4.69) is 24.5 Å². The van der Waals surface area contributed by atoms with Gasteiger partial charge in [-0.05, 0) is 25.7 Å². The average molecular weight is 244 g/mol. The van der Waals surface area contributed by atoms with Gasteiger partial charge in [0, 0.05) is 12.1 Å². The molecule has 0 aliphatic heterocycles. The molecule has 0 heterocycles. The molecule has 0 bridgehead atoms. The van der Waals surface area contributed by atoms with Gasteiger partial charge in [-0.3, -0.25) is 4.79 Å². The van der Waals surface area contributed by atoms with Crippen LogP contribution in [0.1, 0.15) is 47.0 Å². The maximum atomic E-state index is 11.6. The third kappa shape index (κ3) is 8.54. The quantitative estimate of drug-likeness (QED) is 0.640. The van der Waals surface area contributed by atoms with Crippen LogP contribution in [0.5, 0.6) is 0 Å². The van der Waals surface area contributed by atoms with Gasteiger partial charge < -0.3 is 15.7 Å². The Labute approximate surface area is 103 Å². The largest absolute Gasteiger partial charge is 0.481 e. The number of carbonyl (C=O) groups is 2. The van der Waals surface area contributed by atoms with Crippen molar-refractivity contribution in [2.24, 2.45) is 5.92 Å². The molecule has 5 nitrogen and oxygen atoms in total. The molecule has 0 rings (SSSR count). The van der Waals surface area contributed by atoms with E-state index in [-0.39, 0.29) is 24.5 Å². The standard InChI is InChI=1S/C12H24N2O3/c1-5-10(7-11(15)16)14-12(17)13-9(4)6-8(2)3/h8-10H,5-7H2,1-4H3,(H,15,16)(H2,13,14,17). The number of carboxylic acids is 1. The van der Waals surface area contributed by atoms with Crippen molar-refractivity contribution in [1.82, 2.24) is 10.6 Å². The molecule has 0 saturated heterocycles. The van der Waals surface area contributed by atoms with Crippen LogP contribution in [0.15, 0.2) is 0 Å². The van der Waals surface area contributed by atoms with Gasteiger partial charge in [-0.1, -0.05) is 20.8 Å². The highest BCUT2D eigenvalue weighted by molar-refractivity contribution is 5.75. The van der Waals surface area contributed by atoms with Crippen LogP contribution in [0.3, 0.4) is 0 Å². The molecule has 0 aliphatic rings. The molecule has 2 atom stereocenters. The zero-order chi connectivity index (χ0) is 13.4. The smallest absolute Gasteiger partial charge is 0.315 e. The maximum Gasteiger partial charge on any atom is 0.315 e. The molecule has 0 aromatic heterocycles. The Balaban J connectivity index is 4.01. The van der Waals surface area contributed by atoms with E-state index in [4.69, 9.17) is 5.11 Å². The topological polar surface area (TPSA) is 78.4 Å². The fourth-order valence-electron chi connectivity index (χ4n) is 1.73. The van der Waals surface area contributed by atoms with Crippen molar-refractivity contribution in [1.29, 1.82) is 0 Å². The van der Waals surface area contributed by atoms with Gasteiger partial charge >= 0.3 is 12.0 Å². The van der Waals surface area contributed by atoms with Crippen LogP contribution in [0.25, 0.3) is 0 Å². The molecule has 5 heteroatoms. The van der Waals surface area contributed by atoms with Crippen LogP contribution in [0, 0.1) is 5.92 Å². The molecule has 3 N–H and O–H groups in total. The van der Waals surface area contributed by atoms with Crippen molar-refractivity contribution < 1.29 is 14.7 Å². The second-order valence-electron chi connectivity index (χ2n) is 4.85. The average Bonchev–Trinajstić information content (AvgIpc) is 2.13. The van der Waals surface area contributed by atoms with Gasteiger partial charge in [-0.25, -0.2) is 4.79 Å². The third-order valence-electron chi connectivity index (χ3n) is 2.45. The van der Waals surface area contributed by atoms with E-state index in [1.54, 1.807) is 0 Å². The lowest BCUT2D eigenvalue weighted by Crippen LogP contribution is -2.46. The summed E-state index contributed by atoms with van der Waals surface area (Å²) in [5.41, 5.74) is 0. The summed E-state index contributed by atoms with van der Waals surface area (Å²) in [7, 11) is 0. The molecular weight excluding hydrogens is 220 g/mol. The lowest BCUT2D eigenvalue weighted by atomic mass is 10.1. The fourth-order valence-corrected chi connectivity index (χ4v) is 1.73. The van der Waals surface area contributed by atoms with Crippen LogP contribution in [0.4, 0.5) is 4.79 Å². The molecule has 17 heavy (non-hydrogen) atoms. The predicted octanol–water partition coefficient (Wildman–Crippen LogP) is 1.97. The second-order valence-corrected chi connectivity index (χ2v) is 4.85. The van der Waals surface area contributed by atoms with Gasteiger partial charge in [0.15, 0.2) is 0 Å². The zero-order valence-electron chi connectivity index (χ0n) is 11.1. The van der Waals surface area contributed by atoms with Gasteiger partial charge in [-0.2, -0.15) is 0 Å². The minimum absolute atomic E-state index is 0.0392. The summed E-state index contributed by atoms with van der Waals surface area (Å²) in [6.45, 7) is 7.98. The van der Waals surface area contributed by atoms with E-state index in [1.165, 1.54) is 0 Å². The van der Waals surface area contributed by atoms with Crippen LogP contribution in [-0.4, -0.2) is 29.2 Å². The Morgan fingerprint density at radius 3 is 2.18 bits per heavy atom. The van der Waals surface area contributed by atoms with Crippen LogP contribution < -0.4 is 10.6 Å². The minimum Gasteiger partial charge on any atom is -0.481 e.